The number of hydrogen-bond acceptors (Lipinski definition) is 1. The van der Waals surface area contributed by atoms with Crippen molar-refractivity contribution >= 4 is 33.1 Å². The van der Waals surface area contributed by atoms with Crippen LogP contribution in [0.15, 0.2) is 187 Å². The summed E-state index contributed by atoms with van der Waals surface area (Å²) in [6, 6.07) is 51.2. The van der Waals surface area contributed by atoms with Crippen molar-refractivity contribution in [2.24, 2.45) is 4.99 Å². The van der Waals surface area contributed by atoms with Gasteiger partial charge in [-0.1, -0.05) is 146 Å². The van der Waals surface area contributed by atoms with E-state index < -0.39 is 5.41 Å². The Labute approximate surface area is 298 Å². The quantitative estimate of drug-likeness (QED) is 0.130. The molecule has 0 fully saturated rings. The van der Waals surface area contributed by atoms with Gasteiger partial charge in [0.2, 0.25) is 0 Å². The number of aliphatic imine (C=N–C) groups is 1. The van der Waals surface area contributed by atoms with Crippen LogP contribution in [0.5, 0.6) is 0 Å². The Balaban J connectivity index is 1.25. The van der Waals surface area contributed by atoms with Crippen molar-refractivity contribution in [1.82, 2.24) is 4.57 Å². The summed E-state index contributed by atoms with van der Waals surface area (Å²) >= 11 is 0. The van der Waals surface area contributed by atoms with E-state index in [-0.39, 0.29) is 0 Å². The fraction of sp³-hybridized carbons (Fsp3) is 0.0816. The predicted molar refractivity (Wildman–Crippen MR) is 214 cm³/mol. The Morgan fingerprint density at radius 1 is 0.667 bits per heavy atom. The van der Waals surface area contributed by atoms with Gasteiger partial charge < -0.3 is 4.57 Å². The van der Waals surface area contributed by atoms with E-state index in [1.807, 2.05) is 6.07 Å². The molecule has 0 N–H and O–H groups in total. The molecule has 6 aromatic carbocycles. The van der Waals surface area contributed by atoms with Crippen molar-refractivity contribution in [3.05, 3.63) is 215 Å². The summed E-state index contributed by atoms with van der Waals surface area (Å²) in [6.07, 6.45) is 11.0. The van der Waals surface area contributed by atoms with Crippen LogP contribution in [0.4, 0.5) is 0 Å². The normalized spacial score (nSPS) is 15.5. The molecular formula is C49H36N2. The molecule has 0 atom stereocenters. The predicted octanol–water partition coefficient (Wildman–Crippen LogP) is 12.1. The van der Waals surface area contributed by atoms with E-state index in [1.165, 1.54) is 60.9 Å². The topological polar surface area (TPSA) is 17.3 Å². The van der Waals surface area contributed by atoms with Crippen molar-refractivity contribution in [2.75, 3.05) is 0 Å². The highest BCUT2D eigenvalue weighted by Gasteiger charge is 2.50. The number of nitrogens with zero attached hydrogens (tertiary/aromatic N) is 2. The molecule has 2 nitrogen and oxygen atoms in total. The van der Waals surface area contributed by atoms with Crippen molar-refractivity contribution in [1.29, 1.82) is 0 Å². The highest BCUT2D eigenvalue weighted by atomic mass is 15.0. The molecule has 1 aromatic heterocycles. The molecule has 0 unspecified atom stereocenters. The summed E-state index contributed by atoms with van der Waals surface area (Å²) in [5.74, 6) is 0. The second-order valence-electron chi connectivity index (χ2n) is 13.9. The SMILES string of the molecule is C=C(/C=C(\N=C(/C)c1ccc2c(c1)C1(c3ccccc3-c3ccccc31)c1cccc3c4ccccc4n-2c13)C1=CCCC=C1)c1ccccc1. The first-order chi connectivity index (χ1) is 25.1. The Kier molecular flexibility index (Phi) is 6.63. The summed E-state index contributed by atoms with van der Waals surface area (Å²) < 4.78 is 2.51. The van der Waals surface area contributed by atoms with Crippen LogP contribution in [0.1, 0.15) is 53.1 Å². The van der Waals surface area contributed by atoms with Gasteiger partial charge in [0.1, 0.15) is 0 Å². The highest BCUT2D eigenvalue weighted by molar-refractivity contribution is 6.13. The van der Waals surface area contributed by atoms with Gasteiger partial charge in [0.05, 0.1) is 27.8 Å². The van der Waals surface area contributed by atoms with Crippen LogP contribution in [0.25, 0.3) is 44.2 Å². The van der Waals surface area contributed by atoms with E-state index in [9.17, 15) is 0 Å². The number of allylic oxidation sites excluding steroid dienone is 5. The molecule has 51 heavy (non-hydrogen) atoms. The van der Waals surface area contributed by atoms with Gasteiger partial charge in [0.15, 0.2) is 0 Å². The number of aromatic nitrogens is 1. The van der Waals surface area contributed by atoms with Crippen LogP contribution in [0, 0.1) is 0 Å². The highest BCUT2D eigenvalue weighted by Crippen LogP contribution is 2.61. The van der Waals surface area contributed by atoms with E-state index in [4.69, 9.17) is 4.99 Å². The Morgan fingerprint density at radius 3 is 2.12 bits per heavy atom. The maximum Gasteiger partial charge on any atom is 0.0754 e. The van der Waals surface area contributed by atoms with Gasteiger partial charge in [0, 0.05) is 16.5 Å². The summed E-state index contributed by atoms with van der Waals surface area (Å²) in [4.78, 5) is 5.40. The second-order valence-corrected chi connectivity index (χ2v) is 13.9. The third kappa shape index (κ3) is 4.26. The maximum atomic E-state index is 5.40. The first-order valence-corrected chi connectivity index (χ1v) is 17.9. The second kappa shape index (κ2) is 11.4. The first-order valence-electron chi connectivity index (χ1n) is 17.9. The zero-order valence-electron chi connectivity index (χ0n) is 28.6. The van der Waals surface area contributed by atoms with Gasteiger partial charge in [0.25, 0.3) is 0 Å². The molecule has 0 bridgehead atoms. The van der Waals surface area contributed by atoms with E-state index >= 15 is 0 Å². The molecule has 0 radical (unpaired) electrons. The zero-order chi connectivity index (χ0) is 34.1. The molecule has 0 amide bonds. The number of fused-ring (bicyclic) bond motifs is 12. The van der Waals surface area contributed by atoms with Gasteiger partial charge in [-0.15, -0.1) is 0 Å². The molecule has 0 saturated heterocycles. The smallest absolute Gasteiger partial charge is 0.0754 e. The molecule has 10 rings (SSSR count). The Morgan fingerprint density at radius 2 is 1.35 bits per heavy atom. The minimum atomic E-state index is -0.488. The van der Waals surface area contributed by atoms with Crippen molar-refractivity contribution in [3.8, 4) is 16.8 Å². The summed E-state index contributed by atoms with van der Waals surface area (Å²) in [6.45, 7) is 6.60. The van der Waals surface area contributed by atoms with Crippen LogP contribution < -0.4 is 0 Å². The van der Waals surface area contributed by atoms with Crippen LogP contribution >= 0.6 is 0 Å². The number of para-hydroxylation sites is 2. The minimum absolute atomic E-state index is 0.488. The molecule has 242 valence electrons. The maximum absolute atomic E-state index is 5.40. The molecule has 2 heterocycles. The number of hydrogen-bond donors (Lipinski definition) is 0. The van der Waals surface area contributed by atoms with Crippen LogP contribution in [-0.4, -0.2) is 10.3 Å². The molecule has 1 spiro atoms. The fourth-order valence-electron chi connectivity index (χ4n) is 8.92. The molecule has 1 aliphatic heterocycles. The van der Waals surface area contributed by atoms with Gasteiger partial charge in [-0.3, -0.25) is 4.99 Å². The van der Waals surface area contributed by atoms with Gasteiger partial charge in [-0.2, -0.15) is 0 Å². The lowest BCUT2D eigenvalue weighted by Gasteiger charge is -2.40. The lowest BCUT2D eigenvalue weighted by atomic mass is 9.65. The van der Waals surface area contributed by atoms with Crippen LogP contribution in [0.3, 0.4) is 0 Å². The molecule has 2 aliphatic carbocycles. The Hall–Kier alpha value is -6.25. The summed E-state index contributed by atoms with van der Waals surface area (Å²) in [7, 11) is 0. The first kappa shape index (κ1) is 29.6. The fourth-order valence-corrected chi connectivity index (χ4v) is 8.92. The van der Waals surface area contributed by atoms with E-state index in [1.54, 1.807) is 0 Å². The standard InChI is InChI=1S/C49H36N2/c1-32(34-16-5-3-6-17-34)30-45(35-18-7-4-8-19-35)50-33(2)36-28-29-47-44(31-36)49(41-24-12-9-20-37(41)38-21-10-13-25-42(38)49)43-26-15-23-40-39-22-11-14-27-46(39)51(47)48(40)43/h3,5-7,9-31H,1,4,8H2,2H3/b45-30-,50-33+. The molecule has 2 heteroatoms. The van der Waals surface area contributed by atoms with Gasteiger partial charge in [-0.25, -0.2) is 0 Å². The third-order valence-electron chi connectivity index (χ3n) is 11.1. The van der Waals surface area contributed by atoms with Crippen LogP contribution in [-0.2, 0) is 5.41 Å². The average molecular weight is 653 g/mol. The summed E-state index contributed by atoms with van der Waals surface area (Å²) in [5, 5.41) is 2.57. The van der Waals surface area contributed by atoms with Gasteiger partial charge >= 0.3 is 0 Å². The monoisotopic (exact) mass is 652 g/mol. The van der Waals surface area contributed by atoms with E-state index in [0.29, 0.717) is 0 Å². The third-order valence-corrected chi connectivity index (χ3v) is 11.1. The van der Waals surface area contributed by atoms with Gasteiger partial charge in [-0.05, 0) is 99.7 Å². The zero-order valence-corrected chi connectivity index (χ0v) is 28.6. The Bertz CT molecular complexity index is 2670. The van der Waals surface area contributed by atoms with E-state index in [2.05, 4.69) is 176 Å². The van der Waals surface area contributed by atoms with Crippen molar-refractivity contribution in [2.45, 2.75) is 25.2 Å². The lowest BCUT2D eigenvalue weighted by Crippen LogP contribution is -2.33. The van der Waals surface area contributed by atoms with E-state index in [0.717, 1.165) is 46.5 Å². The largest absolute Gasteiger partial charge is 0.309 e. The number of rotatable bonds is 5. The molecule has 3 aliphatic rings. The molecule has 0 saturated carbocycles. The number of benzene rings is 6. The van der Waals surface area contributed by atoms with Crippen molar-refractivity contribution in [3.63, 3.8) is 0 Å². The minimum Gasteiger partial charge on any atom is -0.309 e. The molecular weight excluding hydrogens is 617 g/mol. The lowest BCUT2D eigenvalue weighted by molar-refractivity contribution is 0.748. The average Bonchev–Trinajstić information content (AvgIpc) is 3.69. The summed E-state index contributed by atoms with van der Waals surface area (Å²) in [5.41, 5.74) is 17.3. The molecule has 7 aromatic rings. The van der Waals surface area contributed by atoms with Crippen molar-refractivity contribution < 1.29 is 0 Å². The van der Waals surface area contributed by atoms with Crippen LogP contribution in [0.2, 0.25) is 0 Å².